The third-order valence-electron chi connectivity index (χ3n) is 6.40. The first-order valence-electron chi connectivity index (χ1n) is 10.8. The average molecular weight is 454 g/mol. The number of H-pyrrole nitrogens is 1. The van der Waals surface area contributed by atoms with Crippen LogP contribution in [0.2, 0.25) is 0 Å². The van der Waals surface area contributed by atoms with Crippen LogP contribution in [0.1, 0.15) is 22.5 Å². The molecule has 3 aromatic heterocycles. The number of amides is 1. The second-order valence-corrected chi connectivity index (χ2v) is 9.48. The van der Waals surface area contributed by atoms with Crippen LogP contribution in [0.3, 0.4) is 0 Å². The second-order valence-electron chi connectivity index (χ2n) is 8.45. The summed E-state index contributed by atoms with van der Waals surface area (Å²) >= 11 is 1.28. The minimum absolute atomic E-state index is 0.00839. The largest absolute Gasteiger partial charge is 0.381 e. The van der Waals surface area contributed by atoms with Gasteiger partial charge in [-0.3, -0.25) is 9.69 Å². The molecule has 1 saturated heterocycles. The molecular formula is C22H24FN7OS. The third-order valence-corrected chi connectivity index (χ3v) is 7.43. The monoisotopic (exact) mass is 453 g/mol. The summed E-state index contributed by atoms with van der Waals surface area (Å²) in [4.78, 5) is 27.1. The number of nitriles is 1. The van der Waals surface area contributed by atoms with Crippen LogP contribution in [0.4, 0.5) is 10.1 Å². The number of aromatic nitrogens is 3. The molecule has 1 aliphatic heterocycles. The highest BCUT2D eigenvalue weighted by molar-refractivity contribution is 7.17. The fourth-order valence-corrected chi connectivity index (χ4v) is 5.87. The highest BCUT2D eigenvalue weighted by Crippen LogP contribution is 2.42. The zero-order chi connectivity index (χ0) is 22.1. The molecule has 1 aliphatic carbocycles. The maximum absolute atomic E-state index is 12.4. The van der Waals surface area contributed by atoms with E-state index in [1.165, 1.54) is 17.5 Å². The molecule has 0 aromatic carbocycles. The van der Waals surface area contributed by atoms with E-state index in [0.29, 0.717) is 34.3 Å². The summed E-state index contributed by atoms with van der Waals surface area (Å²) in [6, 6.07) is 4.60. The normalized spacial score (nSPS) is 22.7. The number of likely N-dealkylation sites (tertiary alicyclic amines) is 1. The van der Waals surface area contributed by atoms with Crippen molar-refractivity contribution in [2.24, 2.45) is 11.8 Å². The molecule has 2 aliphatic rings. The van der Waals surface area contributed by atoms with Crippen molar-refractivity contribution >= 4 is 34.0 Å². The molecule has 8 nitrogen and oxygen atoms in total. The van der Waals surface area contributed by atoms with E-state index >= 15 is 0 Å². The molecule has 0 spiro atoms. The van der Waals surface area contributed by atoms with Crippen LogP contribution in [0.15, 0.2) is 24.7 Å². The summed E-state index contributed by atoms with van der Waals surface area (Å²) in [7, 11) is 0. The van der Waals surface area contributed by atoms with Crippen LogP contribution in [0.25, 0.3) is 21.6 Å². The second kappa shape index (κ2) is 8.84. The third kappa shape index (κ3) is 3.94. The highest BCUT2D eigenvalue weighted by atomic mass is 32.1. The number of hydrogen-bond donors (Lipinski definition) is 3. The van der Waals surface area contributed by atoms with Crippen LogP contribution < -0.4 is 10.6 Å². The van der Waals surface area contributed by atoms with E-state index in [1.807, 2.05) is 12.3 Å². The SMILES string of the molecule is N#CCN1C[C@H]2CC(Nc3c(-c4ncc(C(=O)NCCF)s4)cnc4[nH]ccc34)C[C@H]2C1. The standard InChI is InChI=1S/C22H24FN7OS/c23-2-5-26-21(31)18-10-28-22(32-18)17-9-27-20-16(1-4-25-20)19(17)29-15-7-13-11-30(6-3-24)12-14(13)8-15/h1,4,9-10,13-15H,2,5-8,11-12H2,(H,26,31)(H2,25,27,29)/t13-,14+,15?. The number of nitrogens with zero attached hydrogens (tertiary/aromatic N) is 4. The van der Waals surface area contributed by atoms with Crippen LogP contribution in [0.5, 0.6) is 0 Å². The Hall–Kier alpha value is -3.03. The van der Waals surface area contributed by atoms with Gasteiger partial charge < -0.3 is 15.6 Å². The van der Waals surface area contributed by atoms with Gasteiger partial charge >= 0.3 is 0 Å². The molecule has 166 valence electrons. The lowest BCUT2D eigenvalue weighted by atomic mass is 10.0. The predicted molar refractivity (Wildman–Crippen MR) is 121 cm³/mol. The van der Waals surface area contributed by atoms with E-state index in [-0.39, 0.29) is 12.5 Å². The number of aromatic amines is 1. The molecule has 5 rings (SSSR count). The summed E-state index contributed by atoms with van der Waals surface area (Å²) < 4.78 is 12.4. The van der Waals surface area contributed by atoms with Gasteiger partial charge in [0.1, 0.15) is 22.2 Å². The van der Waals surface area contributed by atoms with E-state index in [1.54, 1.807) is 6.20 Å². The summed E-state index contributed by atoms with van der Waals surface area (Å²) in [6.45, 7) is 1.88. The molecule has 1 saturated carbocycles. The van der Waals surface area contributed by atoms with Crippen molar-refractivity contribution in [3.8, 4) is 16.6 Å². The predicted octanol–water partition coefficient (Wildman–Crippen LogP) is 3.03. The molecule has 0 bridgehead atoms. The van der Waals surface area contributed by atoms with Gasteiger partial charge in [-0.1, -0.05) is 0 Å². The van der Waals surface area contributed by atoms with Crippen molar-refractivity contribution in [1.82, 2.24) is 25.2 Å². The maximum Gasteiger partial charge on any atom is 0.263 e. The number of alkyl halides is 1. The summed E-state index contributed by atoms with van der Waals surface area (Å²) in [6.07, 6.45) is 7.31. The zero-order valence-corrected chi connectivity index (χ0v) is 18.3. The molecule has 1 amide bonds. The van der Waals surface area contributed by atoms with Crippen molar-refractivity contribution in [1.29, 1.82) is 5.26 Å². The van der Waals surface area contributed by atoms with E-state index in [2.05, 4.69) is 36.6 Å². The van der Waals surface area contributed by atoms with E-state index < -0.39 is 6.67 Å². The van der Waals surface area contributed by atoms with Crippen LogP contribution in [0, 0.1) is 23.2 Å². The molecule has 3 N–H and O–H groups in total. The van der Waals surface area contributed by atoms with Gasteiger partial charge in [-0.2, -0.15) is 5.26 Å². The van der Waals surface area contributed by atoms with E-state index in [0.717, 1.165) is 48.2 Å². The first kappa shape index (κ1) is 20.8. The summed E-state index contributed by atoms with van der Waals surface area (Å²) in [5, 5.41) is 17.0. The summed E-state index contributed by atoms with van der Waals surface area (Å²) in [5.41, 5.74) is 2.63. The number of thiazole rings is 1. The van der Waals surface area contributed by atoms with Crippen molar-refractivity contribution in [2.75, 3.05) is 38.2 Å². The van der Waals surface area contributed by atoms with Crippen LogP contribution in [-0.2, 0) is 0 Å². The molecular weight excluding hydrogens is 429 g/mol. The Morgan fingerprint density at radius 3 is 2.88 bits per heavy atom. The molecule has 3 aromatic rings. The minimum Gasteiger partial charge on any atom is -0.381 e. The summed E-state index contributed by atoms with van der Waals surface area (Å²) in [5.74, 6) is 0.902. The Labute approximate surface area is 188 Å². The topological polar surface area (TPSA) is 110 Å². The van der Waals surface area contributed by atoms with Gasteiger partial charge in [0, 0.05) is 43.5 Å². The Balaban J connectivity index is 1.39. The number of fused-ring (bicyclic) bond motifs is 2. The van der Waals surface area contributed by atoms with Crippen LogP contribution >= 0.6 is 11.3 Å². The number of carbonyl (C=O) groups excluding carboxylic acids is 1. The zero-order valence-electron chi connectivity index (χ0n) is 17.5. The van der Waals surface area contributed by atoms with Gasteiger partial charge in [0.2, 0.25) is 0 Å². The lowest BCUT2D eigenvalue weighted by Crippen LogP contribution is -2.25. The van der Waals surface area contributed by atoms with Crippen molar-refractivity contribution in [3.63, 3.8) is 0 Å². The Morgan fingerprint density at radius 1 is 1.31 bits per heavy atom. The van der Waals surface area contributed by atoms with Crippen molar-refractivity contribution in [3.05, 3.63) is 29.5 Å². The van der Waals surface area contributed by atoms with Crippen LogP contribution in [-0.4, -0.2) is 64.7 Å². The van der Waals surface area contributed by atoms with Gasteiger partial charge in [0.05, 0.1) is 30.1 Å². The minimum atomic E-state index is -0.600. The maximum atomic E-state index is 12.4. The molecule has 32 heavy (non-hydrogen) atoms. The van der Waals surface area contributed by atoms with E-state index in [9.17, 15) is 9.18 Å². The molecule has 4 heterocycles. The fourth-order valence-electron chi connectivity index (χ4n) is 5.03. The highest BCUT2D eigenvalue weighted by Gasteiger charge is 2.41. The Kier molecular flexibility index (Phi) is 5.76. The Bertz CT molecular complexity index is 1150. The molecule has 0 radical (unpaired) electrons. The van der Waals surface area contributed by atoms with Crippen molar-refractivity contribution in [2.45, 2.75) is 18.9 Å². The number of pyridine rings is 1. The quantitative estimate of drug-likeness (QED) is 0.475. The van der Waals surface area contributed by atoms with Gasteiger partial charge in [-0.25, -0.2) is 14.4 Å². The van der Waals surface area contributed by atoms with Gasteiger partial charge in [0.25, 0.3) is 5.91 Å². The van der Waals surface area contributed by atoms with Gasteiger partial charge in [0.15, 0.2) is 0 Å². The lowest BCUT2D eigenvalue weighted by molar-refractivity contribution is 0.0954. The van der Waals surface area contributed by atoms with E-state index in [4.69, 9.17) is 5.26 Å². The number of rotatable bonds is 7. The van der Waals surface area contributed by atoms with Gasteiger partial charge in [-0.15, -0.1) is 11.3 Å². The molecule has 10 heteroatoms. The number of hydrogen-bond acceptors (Lipinski definition) is 7. The number of carbonyl (C=O) groups is 1. The molecule has 2 fully saturated rings. The average Bonchev–Trinajstić information content (AvgIpc) is 3.55. The number of nitrogens with one attached hydrogen (secondary N) is 3. The van der Waals surface area contributed by atoms with Gasteiger partial charge in [-0.05, 0) is 30.7 Å². The number of anilines is 1. The molecule has 1 unspecified atom stereocenters. The Morgan fingerprint density at radius 2 is 2.12 bits per heavy atom. The lowest BCUT2D eigenvalue weighted by Gasteiger charge is -2.20. The van der Waals surface area contributed by atoms with Crippen molar-refractivity contribution < 1.29 is 9.18 Å². The fraction of sp³-hybridized carbons (Fsp3) is 0.455. The first-order chi connectivity index (χ1) is 15.7. The molecule has 3 atom stereocenters. The number of halogens is 1. The first-order valence-corrected chi connectivity index (χ1v) is 11.6. The smallest absolute Gasteiger partial charge is 0.263 e.